The maximum Gasteiger partial charge on any atom is 0.0543 e. The number of hydrogen-bond acceptors (Lipinski definition) is 1. The van der Waals surface area contributed by atoms with E-state index in [0.717, 1.165) is 11.4 Å². The highest BCUT2D eigenvalue weighted by molar-refractivity contribution is 5.98. The van der Waals surface area contributed by atoms with Crippen LogP contribution in [0.5, 0.6) is 0 Å². The van der Waals surface area contributed by atoms with Crippen LogP contribution in [0.15, 0.2) is 237 Å². The maximum absolute atomic E-state index is 2.51. The molecule has 298 valence electrons. The van der Waals surface area contributed by atoms with Crippen molar-refractivity contribution in [3.8, 4) is 44.5 Å². The van der Waals surface area contributed by atoms with Crippen molar-refractivity contribution in [1.82, 2.24) is 0 Å². The van der Waals surface area contributed by atoms with E-state index in [1.165, 1.54) is 94.3 Å². The van der Waals surface area contributed by atoms with Gasteiger partial charge in [-0.25, -0.2) is 0 Å². The molecule has 0 bridgehead atoms. The van der Waals surface area contributed by atoms with E-state index in [1.807, 2.05) is 0 Å². The molecular weight excluding hydrogens is 759 g/mol. The van der Waals surface area contributed by atoms with Crippen LogP contribution in [0.25, 0.3) is 55.3 Å². The largest absolute Gasteiger partial charge is 0.310 e. The van der Waals surface area contributed by atoms with Crippen LogP contribution in [0.1, 0.15) is 47.2 Å². The highest BCUT2D eigenvalue weighted by Gasteiger charge is 2.44. The van der Waals surface area contributed by atoms with Gasteiger partial charge < -0.3 is 4.90 Å². The normalized spacial score (nSPS) is 16.9. The zero-order chi connectivity index (χ0) is 42.1. The van der Waals surface area contributed by atoms with Gasteiger partial charge in [-0.1, -0.05) is 206 Å². The minimum Gasteiger partial charge on any atom is -0.310 e. The Kier molecular flexibility index (Phi) is 8.49. The molecule has 2 aliphatic rings. The summed E-state index contributed by atoms with van der Waals surface area (Å²) >= 11 is 0. The molecule has 2 aliphatic carbocycles. The zero-order valence-corrected chi connectivity index (χ0v) is 35.5. The van der Waals surface area contributed by atoms with E-state index in [0.29, 0.717) is 0 Å². The van der Waals surface area contributed by atoms with Crippen LogP contribution in [0, 0.1) is 0 Å². The summed E-state index contributed by atoms with van der Waals surface area (Å²) in [5.41, 5.74) is 20.7. The molecule has 1 heteroatoms. The first kappa shape index (κ1) is 37.1. The summed E-state index contributed by atoms with van der Waals surface area (Å²) in [6.45, 7) is 4.81. The lowest BCUT2D eigenvalue weighted by Crippen LogP contribution is -2.23. The molecule has 0 radical (unpaired) electrons. The zero-order valence-electron chi connectivity index (χ0n) is 35.5. The third-order valence-electron chi connectivity index (χ3n) is 14.3. The van der Waals surface area contributed by atoms with E-state index >= 15 is 0 Å². The van der Waals surface area contributed by atoms with E-state index in [9.17, 15) is 0 Å². The number of anilines is 3. The molecule has 0 spiro atoms. The van der Waals surface area contributed by atoms with Crippen molar-refractivity contribution in [2.75, 3.05) is 4.90 Å². The van der Waals surface area contributed by atoms with Crippen molar-refractivity contribution >= 4 is 27.8 Å². The molecule has 2 unspecified atom stereocenters. The molecule has 0 aromatic heterocycles. The molecule has 0 heterocycles. The fourth-order valence-electron chi connectivity index (χ4n) is 11.0. The predicted octanol–water partition coefficient (Wildman–Crippen LogP) is 16.3. The van der Waals surface area contributed by atoms with E-state index in [2.05, 4.69) is 255 Å². The van der Waals surface area contributed by atoms with Gasteiger partial charge in [0.2, 0.25) is 0 Å². The van der Waals surface area contributed by atoms with Crippen LogP contribution in [0.2, 0.25) is 0 Å². The second-order valence-corrected chi connectivity index (χ2v) is 17.5. The Morgan fingerprint density at radius 1 is 0.317 bits per heavy atom. The quantitative estimate of drug-likeness (QED) is 0.155. The van der Waals surface area contributed by atoms with E-state index in [1.54, 1.807) is 0 Å². The number of hydrogen-bond donors (Lipinski definition) is 0. The van der Waals surface area contributed by atoms with Gasteiger partial charge in [0.05, 0.1) is 5.69 Å². The summed E-state index contributed by atoms with van der Waals surface area (Å²) in [6, 6.07) is 87.6. The number of rotatable bonds is 7. The minimum atomic E-state index is -0.325. The molecule has 0 N–H and O–H groups in total. The summed E-state index contributed by atoms with van der Waals surface area (Å²) in [6.07, 6.45) is 0. The molecule has 2 atom stereocenters. The van der Waals surface area contributed by atoms with Crippen molar-refractivity contribution in [1.29, 1.82) is 0 Å². The Morgan fingerprint density at radius 2 is 0.794 bits per heavy atom. The topological polar surface area (TPSA) is 3.24 Å². The molecule has 1 nitrogen and oxygen atoms in total. The van der Waals surface area contributed by atoms with Crippen LogP contribution < -0.4 is 4.90 Å². The lowest BCUT2D eigenvalue weighted by atomic mass is 9.74. The van der Waals surface area contributed by atoms with Crippen molar-refractivity contribution in [3.05, 3.63) is 270 Å². The first-order valence-electron chi connectivity index (χ1n) is 22.1. The number of fused-ring (bicyclic) bond motifs is 7. The molecule has 10 aromatic rings. The summed E-state index contributed by atoms with van der Waals surface area (Å²) in [7, 11) is 0. The van der Waals surface area contributed by atoms with Crippen molar-refractivity contribution in [3.63, 3.8) is 0 Å². The lowest BCUT2D eigenvalue weighted by molar-refractivity contribution is 0.713. The molecular formula is C62H45N. The smallest absolute Gasteiger partial charge is 0.0543 e. The molecule has 10 aromatic carbocycles. The molecule has 0 saturated heterocycles. The van der Waals surface area contributed by atoms with E-state index < -0.39 is 0 Å². The monoisotopic (exact) mass is 803 g/mol. The molecule has 0 amide bonds. The van der Waals surface area contributed by atoms with Crippen molar-refractivity contribution < 1.29 is 0 Å². The van der Waals surface area contributed by atoms with Gasteiger partial charge in [0.25, 0.3) is 0 Å². The van der Waals surface area contributed by atoms with Crippen molar-refractivity contribution in [2.45, 2.75) is 24.7 Å². The van der Waals surface area contributed by atoms with Crippen molar-refractivity contribution in [2.24, 2.45) is 0 Å². The molecule has 12 rings (SSSR count). The average Bonchev–Trinajstić information content (AvgIpc) is 3.78. The Balaban J connectivity index is 1.03. The van der Waals surface area contributed by atoms with Gasteiger partial charge in [-0.3, -0.25) is 0 Å². The first-order chi connectivity index (χ1) is 31.0. The summed E-state index contributed by atoms with van der Waals surface area (Å²) in [5, 5.41) is 2.53. The van der Waals surface area contributed by atoms with Gasteiger partial charge >= 0.3 is 0 Å². The third-order valence-corrected chi connectivity index (χ3v) is 14.3. The molecule has 63 heavy (non-hydrogen) atoms. The summed E-state index contributed by atoms with van der Waals surface area (Å²) < 4.78 is 0. The van der Waals surface area contributed by atoms with Gasteiger partial charge in [-0.15, -0.1) is 0 Å². The van der Waals surface area contributed by atoms with Crippen LogP contribution >= 0.6 is 0 Å². The van der Waals surface area contributed by atoms with Gasteiger partial charge in [0.1, 0.15) is 0 Å². The Hall–Kier alpha value is -7.74. The van der Waals surface area contributed by atoms with Crippen LogP contribution in [-0.2, 0) is 10.8 Å². The number of benzene rings is 10. The maximum atomic E-state index is 2.51. The SMILES string of the molecule is CC1(c2ccccc2)c2ccccc2-c2ccc(N(c3ccc(-c4ccc(-c5cccc6ccccc56)cc4)cc3)c3cccc4c3-c3ccccc3C4(C)c3ccccc3)cc21. The lowest BCUT2D eigenvalue weighted by Gasteiger charge is -2.32. The standard InChI is InChI=1S/C62H45N/c1-61(46-19-5-3-6-20-46)56-28-14-12-25-54(56)60-57(61)29-16-30-59(60)63(49-39-40-53-52-24-11-13-27-55(52)62(2,58(53)41-49)47-21-7-4-8-22-47)48-37-35-43(36-38-48)42-31-33-45(34-32-42)51-26-15-18-44-17-9-10-23-50(44)51/h3-41H,1-2H3. The summed E-state index contributed by atoms with van der Waals surface area (Å²) in [4.78, 5) is 2.51. The minimum absolute atomic E-state index is 0.317. The van der Waals surface area contributed by atoms with Gasteiger partial charge in [0, 0.05) is 27.8 Å². The molecule has 0 fully saturated rings. The van der Waals surface area contributed by atoms with Gasteiger partial charge in [-0.05, 0) is 127 Å². The fourth-order valence-corrected chi connectivity index (χ4v) is 11.0. The van der Waals surface area contributed by atoms with E-state index in [-0.39, 0.29) is 10.8 Å². The molecule has 0 aliphatic heterocycles. The summed E-state index contributed by atoms with van der Waals surface area (Å²) in [5.74, 6) is 0. The van der Waals surface area contributed by atoms with Gasteiger partial charge in [-0.2, -0.15) is 0 Å². The highest BCUT2D eigenvalue weighted by Crippen LogP contribution is 2.58. The second-order valence-electron chi connectivity index (χ2n) is 17.5. The predicted molar refractivity (Wildman–Crippen MR) is 264 cm³/mol. The third kappa shape index (κ3) is 5.63. The van der Waals surface area contributed by atoms with Crippen LogP contribution in [-0.4, -0.2) is 0 Å². The Morgan fingerprint density at radius 3 is 1.51 bits per heavy atom. The first-order valence-corrected chi connectivity index (χ1v) is 22.1. The average molecular weight is 804 g/mol. The van der Waals surface area contributed by atoms with Crippen LogP contribution in [0.4, 0.5) is 17.1 Å². The fraction of sp³-hybridized carbons (Fsp3) is 0.0645. The van der Waals surface area contributed by atoms with E-state index in [4.69, 9.17) is 0 Å². The Bertz CT molecular complexity index is 3340. The molecule has 0 saturated carbocycles. The second kappa shape index (κ2) is 14.4. The number of nitrogens with zero attached hydrogens (tertiary/aromatic N) is 1. The van der Waals surface area contributed by atoms with Crippen LogP contribution in [0.3, 0.4) is 0 Å². The highest BCUT2D eigenvalue weighted by atomic mass is 15.1. The van der Waals surface area contributed by atoms with Gasteiger partial charge in [0.15, 0.2) is 0 Å². The Labute approximate surface area is 370 Å².